The fraction of sp³-hybridized carbons (Fsp3) is 0.379. The van der Waals surface area contributed by atoms with Crippen LogP contribution in [0.2, 0.25) is 0 Å². The Labute approximate surface area is 246 Å². The molecule has 3 aliphatic rings. The van der Waals surface area contributed by atoms with E-state index >= 15 is 0 Å². The number of carboxylic acid groups (broad SMARTS) is 1. The van der Waals surface area contributed by atoms with Crippen molar-refractivity contribution in [1.29, 1.82) is 0 Å². The minimum Gasteiger partial charge on any atom is -0.465 e. The molecule has 1 aliphatic carbocycles. The topological polar surface area (TPSA) is 124 Å². The molecule has 41 heavy (non-hydrogen) atoms. The average Bonchev–Trinajstić information content (AvgIpc) is 3.48. The van der Waals surface area contributed by atoms with Gasteiger partial charge in [-0.1, -0.05) is 36.4 Å². The van der Waals surface area contributed by atoms with Crippen LogP contribution in [0.5, 0.6) is 0 Å². The maximum atomic E-state index is 13.2. The lowest BCUT2D eigenvalue weighted by Gasteiger charge is -2.27. The van der Waals surface area contributed by atoms with Gasteiger partial charge in [0.1, 0.15) is 11.4 Å². The van der Waals surface area contributed by atoms with Crippen molar-refractivity contribution in [3.63, 3.8) is 0 Å². The SMILES string of the molecule is O=C(NC1CC1)c1ccc(-c2csc(NC(=O)C3CSC(c4ccc(CN5CCOCC5)cc4)N3C(=O)O)n2)cc1. The Kier molecular flexibility index (Phi) is 8.24. The van der Waals surface area contributed by atoms with Crippen molar-refractivity contribution in [2.75, 3.05) is 37.4 Å². The molecule has 2 aromatic carbocycles. The van der Waals surface area contributed by atoms with E-state index in [1.807, 2.05) is 41.8 Å². The first-order valence-electron chi connectivity index (χ1n) is 13.6. The van der Waals surface area contributed by atoms with Gasteiger partial charge in [0.25, 0.3) is 5.91 Å². The van der Waals surface area contributed by atoms with E-state index in [4.69, 9.17) is 4.74 Å². The van der Waals surface area contributed by atoms with Crippen LogP contribution in [0.1, 0.15) is 39.7 Å². The monoisotopic (exact) mass is 593 g/mol. The van der Waals surface area contributed by atoms with Gasteiger partial charge in [0.15, 0.2) is 5.13 Å². The van der Waals surface area contributed by atoms with Crippen molar-refractivity contribution >= 4 is 46.1 Å². The molecule has 214 valence electrons. The molecule has 0 bridgehead atoms. The van der Waals surface area contributed by atoms with Crippen molar-refractivity contribution in [1.82, 2.24) is 20.1 Å². The third-order valence-electron chi connectivity index (χ3n) is 7.39. The molecule has 0 radical (unpaired) electrons. The molecule has 2 aliphatic heterocycles. The predicted octanol–water partition coefficient (Wildman–Crippen LogP) is 4.27. The van der Waals surface area contributed by atoms with E-state index in [1.165, 1.54) is 28.0 Å². The summed E-state index contributed by atoms with van der Waals surface area (Å²) in [5, 5.41) is 17.6. The van der Waals surface area contributed by atoms with Crippen molar-refractivity contribution < 1.29 is 24.2 Å². The van der Waals surface area contributed by atoms with E-state index in [2.05, 4.69) is 20.5 Å². The van der Waals surface area contributed by atoms with E-state index in [1.54, 1.807) is 12.1 Å². The third kappa shape index (κ3) is 6.56. The highest BCUT2D eigenvalue weighted by molar-refractivity contribution is 7.99. The highest BCUT2D eigenvalue weighted by Gasteiger charge is 2.42. The molecule has 10 nitrogen and oxygen atoms in total. The molecule has 0 spiro atoms. The first-order valence-corrected chi connectivity index (χ1v) is 15.6. The smallest absolute Gasteiger partial charge is 0.409 e. The molecule has 6 rings (SSSR count). The second kappa shape index (κ2) is 12.2. The van der Waals surface area contributed by atoms with Crippen LogP contribution in [-0.4, -0.2) is 81.9 Å². The fourth-order valence-corrected chi connectivity index (χ4v) is 7.09. The summed E-state index contributed by atoms with van der Waals surface area (Å²) in [6.07, 6.45) is 0.928. The van der Waals surface area contributed by atoms with Gasteiger partial charge in [-0.3, -0.25) is 19.4 Å². The van der Waals surface area contributed by atoms with Crippen LogP contribution in [0.3, 0.4) is 0 Å². The summed E-state index contributed by atoms with van der Waals surface area (Å²) in [5.41, 5.74) is 4.10. The van der Waals surface area contributed by atoms with Crippen molar-refractivity contribution in [2.24, 2.45) is 0 Å². The number of carbonyl (C=O) groups is 3. The van der Waals surface area contributed by atoms with Crippen LogP contribution in [0.15, 0.2) is 53.9 Å². The molecule has 3 amide bonds. The minimum atomic E-state index is -1.14. The molecule has 2 saturated heterocycles. The third-order valence-corrected chi connectivity index (χ3v) is 9.47. The van der Waals surface area contributed by atoms with Gasteiger partial charge in [0.05, 0.1) is 18.9 Å². The van der Waals surface area contributed by atoms with Gasteiger partial charge in [-0.15, -0.1) is 23.1 Å². The van der Waals surface area contributed by atoms with E-state index in [0.29, 0.717) is 28.2 Å². The summed E-state index contributed by atoms with van der Waals surface area (Å²) in [6, 6.07) is 14.6. The molecule has 12 heteroatoms. The summed E-state index contributed by atoms with van der Waals surface area (Å²) >= 11 is 2.72. The lowest BCUT2D eigenvalue weighted by Crippen LogP contribution is -2.44. The highest BCUT2D eigenvalue weighted by Crippen LogP contribution is 2.42. The molecule has 1 aromatic heterocycles. The zero-order chi connectivity index (χ0) is 28.3. The van der Waals surface area contributed by atoms with Crippen LogP contribution in [0, 0.1) is 0 Å². The molecule has 1 saturated carbocycles. The molecule has 3 aromatic rings. The zero-order valence-corrected chi connectivity index (χ0v) is 24.0. The van der Waals surface area contributed by atoms with Gasteiger partial charge in [0, 0.05) is 47.9 Å². The Balaban J connectivity index is 1.08. The van der Waals surface area contributed by atoms with Crippen molar-refractivity contribution in [3.8, 4) is 11.3 Å². The molecule has 3 fully saturated rings. The zero-order valence-electron chi connectivity index (χ0n) is 22.3. The maximum absolute atomic E-state index is 13.2. The first kappa shape index (κ1) is 27.7. The normalized spacial score (nSPS) is 21.0. The number of carbonyl (C=O) groups excluding carboxylic acids is 2. The number of benzene rings is 2. The van der Waals surface area contributed by atoms with Gasteiger partial charge >= 0.3 is 6.09 Å². The lowest BCUT2D eigenvalue weighted by molar-refractivity contribution is -0.119. The molecule has 2 unspecified atom stereocenters. The standard InChI is InChI=1S/C29H31N5O5S2/c35-25(30-22-9-10-22)20-7-5-19(6-8-20)23-16-41-28(31-23)32-26(36)24-17-40-27(34(24)29(37)38)21-3-1-18(2-4-21)15-33-11-13-39-14-12-33/h1-8,16,22,24,27H,9-15,17H2,(H,30,35)(H,37,38)(H,31,32,36). The van der Waals surface area contributed by atoms with E-state index in [0.717, 1.165) is 62.4 Å². The molecule has 3 N–H and O–H groups in total. The van der Waals surface area contributed by atoms with E-state index in [-0.39, 0.29) is 5.91 Å². The number of aromatic nitrogens is 1. The van der Waals surface area contributed by atoms with Crippen molar-refractivity contribution in [2.45, 2.75) is 36.8 Å². The van der Waals surface area contributed by atoms with Crippen LogP contribution in [0.25, 0.3) is 11.3 Å². The Morgan fingerprint density at radius 3 is 2.44 bits per heavy atom. The number of morpholine rings is 1. The van der Waals surface area contributed by atoms with Crippen molar-refractivity contribution in [3.05, 3.63) is 70.6 Å². The molecular weight excluding hydrogens is 562 g/mol. The maximum Gasteiger partial charge on any atom is 0.409 e. The van der Waals surface area contributed by atoms with E-state index < -0.39 is 23.4 Å². The first-order chi connectivity index (χ1) is 19.9. The second-order valence-electron chi connectivity index (χ2n) is 10.4. The summed E-state index contributed by atoms with van der Waals surface area (Å²) in [5.74, 6) is -0.134. The summed E-state index contributed by atoms with van der Waals surface area (Å²) in [7, 11) is 0. The molecule has 2 atom stereocenters. The minimum absolute atomic E-state index is 0.0788. The summed E-state index contributed by atoms with van der Waals surface area (Å²) < 4.78 is 5.41. The summed E-state index contributed by atoms with van der Waals surface area (Å²) in [6.45, 7) is 4.10. The number of ether oxygens (including phenoxy) is 1. The van der Waals surface area contributed by atoms with E-state index in [9.17, 15) is 19.5 Å². The number of hydrogen-bond donors (Lipinski definition) is 3. The van der Waals surface area contributed by atoms with Crippen LogP contribution in [-0.2, 0) is 16.1 Å². The number of amides is 3. The van der Waals surface area contributed by atoms with Gasteiger partial charge in [-0.05, 0) is 36.1 Å². The Bertz CT molecular complexity index is 1400. The number of nitrogens with zero attached hydrogens (tertiary/aromatic N) is 3. The van der Waals surface area contributed by atoms with Crippen LogP contribution >= 0.6 is 23.1 Å². The largest absolute Gasteiger partial charge is 0.465 e. The molecular formula is C29H31N5O5S2. The predicted molar refractivity (Wildman–Crippen MR) is 158 cm³/mol. The Morgan fingerprint density at radius 1 is 1.02 bits per heavy atom. The fourth-order valence-electron chi connectivity index (χ4n) is 4.95. The second-order valence-corrected chi connectivity index (χ2v) is 12.3. The van der Waals surface area contributed by atoms with Gasteiger partial charge in [0.2, 0.25) is 5.91 Å². The molecule has 3 heterocycles. The quantitative estimate of drug-likeness (QED) is 0.354. The van der Waals surface area contributed by atoms with Crippen LogP contribution < -0.4 is 10.6 Å². The van der Waals surface area contributed by atoms with Gasteiger partial charge < -0.3 is 20.5 Å². The lowest BCUT2D eigenvalue weighted by atomic mass is 10.1. The Morgan fingerprint density at radius 2 is 1.76 bits per heavy atom. The average molecular weight is 594 g/mol. The highest BCUT2D eigenvalue weighted by atomic mass is 32.2. The number of thiazole rings is 1. The Hall–Kier alpha value is -3.45. The number of rotatable bonds is 8. The van der Waals surface area contributed by atoms with Crippen LogP contribution in [0.4, 0.5) is 9.93 Å². The number of nitrogens with one attached hydrogen (secondary N) is 2. The number of hydrogen-bond acceptors (Lipinski definition) is 8. The summed E-state index contributed by atoms with van der Waals surface area (Å²) in [4.78, 5) is 45.8. The number of thioether (sulfide) groups is 1. The number of anilines is 1. The van der Waals surface area contributed by atoms with Gasteiger partial charge in [-0.2, -0.15) is 0 Å². The van der Waals surface area contributed by atoms with Gasteiger partial charge in [-0.25, -0.2) is 9.78 Å².